The highest BCUT2D eigenvalue weighted by molar-refractivity contribution is 9.11. The second kappa shape index (κ2) is 3.73. The number of hydrogen-bond donors (Lipinski definition) is 2. The van der Waals surface area contributed by atoms with Crippen LogP contribution in [0, 0.1) is 0 Å². The summed E-state index contributed by atoms with van der Waals surface area (Å²) in [6, 6.07) is 2.39. The number of halogens is 1. The Kier molecular flexibility index (Phi) is 2.38. The van der Waals surface area contributed by atoms with Gasteiger partial charge in [-0.25, -0.2) is 4.98 Å². The Morgan fingerprint density at radius 3 is 3.27 bits per heavy atom. The Bertz CT molecular complexity index is 476. The van der Waals surface area contributed by atoms with E-state index in [4.69, 9.17) is 0 Å². The van der Waals surface area contributed by atoms with Crippen LogP contribution in [0.15, 0.2) is 21.6 Å². The summed E-state index contributed by atoms with van der Waals surface area (Å²) in [4.78, 5) is 7.61. The van der Waals surface area contributed by atoms with Crippen LogP contribution in [0.25, 0.3) is 0 Å². The molecule has 0 amide bonds. The molecule has 0 bridgehead atoms. The average molecular weight is 284 g/mol. The van der Waals surface area contributed by atoms with Crippen molar-refractivity contribution in [2.45, 2.75) is 12.5 Å². The van der Waals surface area contributed by atoms with Crippen molar-refractivity contribution in [3.8, 4) is 0 Å². The van der Waals surface area contributed by atoms with Crippen LogP contribution in [0.3, 0.4) is 0 Å². The second-order valence-electron chi connectivity index (χ2n) is 3.55. The van der Waals surface area contributed by atoms with Gasteiger partial charge in [0.25, 0.3) is 0 Å². The number of nitrogens with zero attached hydrogens (tertiary/aromatic N) is 1. The van der Waals surface area contributed by atoms with E-state index in [1.54, 1.807) is 17.7 Å². The molecule has 2 N–H and O–H groups in total. The third-order valence-electron chi connectivity index (χ3n) is 2.71. The molecular formula is C10H10BrN3S. The fourth-order valence-corrected chi connectivity index (χ4v) is 3.33. The first-order chi connectivity index (χ1) is 7.36. The van der Waals surface area contributed by atoms with Crippen molar-refractivity contribution in [2.24, 2.45) is 0 Å². The Morgan fingerprint density at radius 2 is 2.47 bits per heavy atom. The maximum absolute atomic E-state index is 4.40. The van der Waals surface area contributed by atoms with E-state index in [1.807, 2.05) is 0 Å². The zero-order chi connectivity index (χ0) is 10.3. The lowest BCUT2D eigenvalue weighted by atomic mass is 10.0. The molecular weight excluding hydrogens is 274 g/mol. The van der Waals surface area contributed by atoms with Gasteiger partial charge in [-0.05, 0) is 27.4 Å². The molecule has 3 nitrogen and oxygen atoms in total. The molecule has 0 spiro atoms. The number of rotatable bonds is 1. The lowest BCUT2D eigenvalue weighted by molar-refractivity contribution is 0.553. The normalized spacial score (nSPS) is 20.2. The van der Waals surface area contributed by atoms with Crippen LogP contribution in [-0.2, 0) is 6.42 Å². The molecule has 0 saturated carbocycles. The van der Waals surface area contributed by atoms with Gasteiger partial charge < -0.3 is 10.3 Å². The molecule has 1 aliphatic rings. The summed E-state index contributed by atoms with van der Waals surface area (Å²) in [6.45, 7) is 1.00. The van der Waals surface area contributed by atoms with Gasteiger partial charge in [0.05, 0.1) is 21.8 Å². The number of fused-ring (bicyclic) bond motifs is 1. The zero-order valence-electron chi connectivity index (χ0n) is 7.96. The number of aromatic amines is 1. The van der Waals surface area contributed by atoms with Crippen molar-refractivity contribution in [3.05, 3.63) is 38.5 Å². The van der Waals surface area contributed by atoms with E-state index in [9.17, 15) is 0 Å². The Hall–Kier alpha value is -0.650. The van der Waals surface area contributed by atoms with Crippen LogP contribution >= 0.6 is 27.3 Å². The molecule has 15 heavy (non-hydrogen) atoms. The van der Waals surface area contributed by atoms with Crippen molar-refractivity contribution >= 4 is 27.3 Å². The Labute approximate surface area is 100 Å². The minimum absolute atomic E-state index is 0.237. The highest BCUT2D eigenvalue weighted by atomic mass is 79.9. The number of H-pyrrole nitrogens is 1. The van der Waals surface area contributed by atoms with Gasteiger partial charge in [0.2, 0.25) is 0 Å². The number of nitrogens with one attached hydrogen (secondary N) is 2. The van der Waals surface area contributed by atoms with Gasteiger partial charge in [-0.15, -0.1) is 11.3 Å². The molecule has 2 aromatic rings. The van der Waals surface area contributed by atoms with E-state index >= 15 is 0 Å². The summed E-state index contributed by atoms with van der Waals surface area (Å²) in [7, 11) is 0. The molecule has 78 valence electrons. The summed E-state index contributed by atoms with van der Waals surface area (Å²) in [6.07, 6.45) is 2.82. The van der Waals surface area contributed by atoms with Gasteiger partial charge in [-0.3, -0.25) is 0 Å². The van der Waals surface area contributed by atoms with Gasteiger partial charge in [0.15, 0.2) is 0 Å². The van der Waals surface area contributed by atoms with Gasteiger partial charge >= 0.3 is 0 Å². The first kappa shape index (κ1) is 9.57. The molecule has 0 aliphatic carbocycles. The van der Waals surface area contributed by atoms with E-state index < -0.39 is 0 Å². The van der Waals surface area contributed by atoms with Crippen molar-refractivity contribution in [1.29, 1.82) is 0 Å². The molecule has 3 rings (SSSR count). The number of hydrogen-bond acceptors (Lipinski definition) is 3. The Morgan fingerprint density at radius 1 is 1.53 bits per heavy atom. The lowest BCUT2D eigenvalue weighted by Crippen LogP contribution is -2.30. The van der Waals surface area contributed by atoms with E-state index in [-0.39, 0.29) is 6.04 Å². The maximum Gasteiger partial charge on any atom is 0.0926 e. The fraction of sp³-hybridized carbons (Fsp3) is 0.300. The van der Waals surface area contributed by atoms with Crippen LogP contribution in [-0.4, -0.2) is 16.5 Å². The predicted molar refractivity (Wildman–Crippen MR) is 64.2 cm³/mol. The largest absolute Gasteiger partial charge is 0.348 e. The molecule has 0 radical (unpaired) electrons. The van der Waals surface area contributed by atoms with E-state index in [0.29, 0.717) is 0 Å². The average Bonchev–Trinajstić information content (AvgIpc) is 2.85. The van der Waals surface area contributed by atoms with E-state index in [1.165, 1.54) is 15.0 Å². The minimum atomic E-state index is 0.237. The molecule has 3 heterocycles. The monoisotopic (exact) mass is 283 g/mol. The molecule has 0 saturated heterocycles. The van der Waals surface area contributed by atoms with Crippen LogP contribution in [0.2, 0.25) is 0 Å². The van der Waals surface area contributed by atoms with Crippen molar-refractivity contribution in [2.75, 3.05) is 6.54 Å². The van der Waals surface area contributed by atoms with Crippen molar-refractivity contribution in [3.63, 3.8) is 0 Å². The summed E-state index contributed by atoms with van der Waals surface area (Å²) < 4.78 is 1.19. The van der Waals surface area contributed by atoms with E-state index in [2.05, 4.69) is 42.7 Å². The zero-order valence-corrected chi connectivity index (χ0v) is 10.4. The third kappa shape index (κ3) is 1.55. The number of aromatic nitrogens is 2. The van der Waals surface area contributed by atoms with Gasteiger partial charge in [0, 0.05) is 24.2 Å². The SMILES string of the molecule is Brc1sccc1C1NCCc2[nH]cnc21. The first-order valence-corrected chi connectivity index (χ1v) is 6.52. The second-order valence-corrected chi connectivity index (χ2v) is 5.79. The fourth-order valence-electron chi connectivity index (χ4n) is 1.99. The van der Waals surface area contributed by atoms with Crippen LogP contribution in [0.1, 0.15) is 23.0 Å². The third-order valence-corrected chi connectivity index (χ3v) is 4.44. The topological polar surface area (TPSA) is 40.7 Å². The smallest absolute Gasteiger partial charge is 0.0926 e. The number of imidazole rings is 1. The maximum atomic E-state index is 4.40. The standard InChI is InChI=1S/C10H10BrN3S/c11-10-6(2-4-15-10)8-9-7(1-3-12-8)13-5-14-9/h2,4-5,8,12H,1,3H2,(H,13,14). The first-order valence-electron chi connectivity index (χ1n) is 4.84. The van der Waals surface area contributed by atoms with Crippen molar-refractivity contribution in [1.82, 2.24) is 15.3 Å². The van der Waals surface area contributed by atoms with Crippen LogP contribution < -0.4 is 5.32 Å². The quantitative estimate of drug-likeness (QED) is 0.844. The summed E-state index contributed by atoms with van der Waals surface area (Å²) >= 11 is 5.30. The Balaban J connectivity index is 2.07. The molecule has 0 aromatic carbocycles. The van der Waals surface area contributed by atoms with Gasteiger partial charge in [0.1, 0.15) is 0 Å². The van der Waals surface area contributed by atoms with Crippen molar-refractivity contribution < 1.29 is 0 Å². The van der Waals surface area contributed by atoms with Crippen LogP contribution in [0.5, 0.6) is 0 Å². The lowest BCUT2D eigenvalue weighted by Gasteiger charge is -2.22. The van der Waals surface area contributed by atoms with Crippen LogP contribution in [0.4, 0.5) is 0 Å². The number of thiophene rings is 1. The molecule has 1 atom stereocenters. The van der Waals surface area contributed by atoms with Gasteiger partial charge in [-0.1, -0.05) is 0 Å². The predicted octanol–water partition coefficient (Wildman–Crippen LogP) is 2.47. The molecule has 1 unspecified atom stereocenters. The summed E-state index contributed by atoms with van der Waals surface area (Å²) in [5.74, 6) is 0. The molecule has 1 aliphatic heterocycles. The van der Waals surface area contributed by atoms with Gasteiger partial charge in [-0.2, -0.15) is 0 Å². The molecule has 2 aromatic heterocycles. The highest BCUT2D eigenvalue weighted by Crippen LogP contribution is 2.34. The molecule has 0 fully saturated rings. The van der Waals surface area contributed by atoms with E-state index in [0.717, 1.165) is 18.7 Å². The highest BCUT2D eigenvalue weighted by Gasteiger charge is 2.25. The summed E-state index contributed by atoms with van der Waals surface area (Å²) in [5, 5.41) is 5.60. The summed E-state index contributed by atoms with van der Waals surface area (Å²) in [5.41, 5.74) is 3.69. The molecule has 5 heteroatoms. The minimum Gasteiger partial charge on any atom is -0.348 e.